The lowest BCUT2D eigenvalue weighted by molar-refractivity contribution is 0.481. The fourth-order valence-electron chi connectivity index (χ4n) is 1.99. The Morgan fingerprint density at radius 3 is 2.15 bits per heavy atom. The fourth-order valence-corrected chi connectivity index (χ4v) is 2.89. The van der Waals surface area contributed by atoms with E-state index in [2.05, 4.69) is 26.1 Å². The number of hydrogen-bond donors (Lipinski definition) is 1. The molecule has 0 fully saturated rings. The molecule has 0 aliphatic rings. The van der Waals surface area contributed by atoms with Gasteiger partial charge < -0.3 is 5.32 Å². The number of sulfonamides is 1. The highest BCUT2D eigenvalue weighted by molar-refractivity contribution is 7.89. The van der Waals surface area contributed by atoms with Gasteiger partial charge in [-0.25, -0.2) is 12.7 Å². The number of nitrogens with one attached hydrogen (secondary N) is 1. The number of rotatable bonds is 7. The van der Waals surface area contributed by atoms with Gasteiger partial charge >= 0.3 is 0 Å². The molecule has 0 aromatic heterocycles. The van der Waals surface area contributed by atoms with E-state index in [-0.39, 0.29) is 0 Å². The molecule has 0 radical (unpaired) electrons. The van der Waals surface area contributed by atoms with Crippen LogP contribution >= 0.6 is 0 Å². The lowest BCUT2D eigenvalue weighted by Gasteiger charge is -2.22. The molecule has 0 spiro atoms. The first kappa shape index (κ1) is 17.1. The summed E-state index contributed by atoms with van der Waals surface area (Å²) in [7, 11) is -0.248. The highest BCUT2D eigenvalue weighted by atomic mass is 32.2. The molecule has 2 atom stereocenters. The summed E-state index contributed by atoms with van der Waals surface area (Å²) < 4.78 is 25.2. The summed E-state index contributed by atoms with van der Waals surface area (Å²) >= 11 is 0. The zero-order valence-corrected chi connectivity index (χ0v) is 13.9. The number of nitrogens with zero attached hydrogens (tertiary/aromatic N) is 1. The van der Waals surface area contributed by atoms with E-state index in [0.717, 1.165) is 18.5 Å². The number of benzene rings is 1. The first-order valence-electron chi connectivity index (χ1n) is 7.06. The molecular weight excluding hydrogens is 272 g/mol. The van der Waals surface area contributed by atoms with Gasteiger partial charge in [0.15, 0.2) is 0 Å². The Kier molecular flexibility index (Phi) is 6.17. The standard InChI is InChI=1S/C15H26N2O2S/c1-6-11-16-13(3)12(2)14-7-9-15(10-8-14)20(18,19)17(4)5/h7-10,12-13,16H,6,11H2,1-5H3. The summed E-state index contributed by atoms with van der Waals surface area (Å²) in [5.74, 6) is 0.345. The van der Waals surface area contributed by atoms with Crippen LogP contribution < -0.4 is 5.32 Å². The van der Waals surface area contributed by atoms with Crippen LogP contribution in [0, 0.1) is 0 Å². The highest BCUT2D eigenvalue weighted by Gasteiger charge is 2.18. The van der Waals surface area contributed by atoms with Crippen LogP contribution in [-0.2, 0) is 10.0 Å². The van der Waals surface area contributed by atoms with E-state index in [1.165, 1.54) is 4.31 Å². The van der Waals surface area contributed by atoms with Crippen LogP contribution in [0.5, 0.6) is 0 Å². The first-order chi connectivity index (χ1) is 9.30. The minimum atomic E-state index is -3.34. The van der Waals surface area contributed by atoms with Gasteiger partial charge in [0.05, 0.1) is 4.90 Å². The maximum atomic E-state index is 12.0. The third kappa shape index (κ3) is 4.04. The van der Waals surface area contributed by atoms with Crippen LogP contribution in [0.3, 0.4) is 0 Å². The molecular formula is C15H26N2O2S. The van der Waals surface area contributed by atoms with Crippen molar-refractivity contribution >= 4 is 10.0 Å². The van der Waals surface area contributed by atoms with E-state index < -0.39 is 10.0 Å². The predicted octanol–water partition coefficient (Wildman–Crippen LogP) is 2.43. The molecule has 0 heterocycles. The average molecular weight is 298 g/mol. The predicted molar refractivity (Wildman–Crippen MR) is 83.5 cm³/mol. The van der Waals surface area contributed by atoms with Gasteiger partial charge in [-0.2, -0.15) is 0 Å². The molecule has 1 rings (SSSR count). The van der Waals surface area contributed by atoms with E-state index in [4.69, 9.17) is 0 Å². The lowest BCUT2D eigenvalue weighted by atomic mass is 9.94. The molecule has 0 amide bonds. The van der Waals surface area contributed by atoms with Gasteiger partial charge in [0.25, 0.3) is 0 Å². The lowest BCUT2D eigenvalue weighted by Crippen LogP contribution is -2.31. The monoisotopic (exact) mass is 298 g/mol. The molecule has 0 saturated carbocycles. The van der Waals surface area contributed by atoms with Gasteiger partial charge in [0.1, 0.15) is 0 Å². The molecule has 20 heavy (non-hydrogen) atoms. The minimum Gasteiger partial charge on any atom is -0.314 e. The van der Waals surface area contributed by atoms with Gasteiger partial charge in [-0.05, 0) is 43.5 Å². The molecule has 1 aromatic carbocycles. The van der Waals surface area contributed by atoms with Crippen molar-refractivity contribution < 1.29 is 8.42 Å². The van der Waals surface area contributed by atoms with E-state index in [1.54, 1.807) is 26.2 Å². The Bertz CT molecular complexity index is 509. The fraction of sp³-hybridized carbons (Fsp3) is 0.600. The molecule has 5 heteroatoms. The molecule has 0 aliphatic carbocycles. The van der Waals surface area contributed by atoms with Crippen LogP contribution in [0.4, 0.5) is 0 Å². The Hall–Kier alpha value is -0.910. The largest absolute Gasteiger partial charge is 0.314 e. The molecule has 0 aliphatic heterocycles. The first-order valence-corrected chi connectivity index (χ1v) is 8.50. The topological polar surface area (TPSA) is 49.4 Å². The molecule has 114 valence electrons. The van der Waals surface area contributed by atoms with Crippen LogP contribution in [-0.4, -0.2) is 39.4 Å². The van der Waals surface area contributed by atoms with E-state index >= 15 is 0 Å². The minimum absolute atomic E-state index is 0.340. The van der Waals surface area contributed by atoms with E-state index in [1.807, 2.05) is 12.1 Å². The van der Waals surface area contributed by atoms with Crippen molar-refractivity contribution in [3.8, 4) is 0 Å². The van der Waals surface area contributed by atoms with E-state index in [9.17, 15) is 8.42 Å². The second-order valence-corrected chi connectivity index (χ2v) is 7.54. The molecule has 0 bridgehead atoms. The van der Waals surface area contributed by atoms with Crippen LogP contribution in [0.2, 0.25) is 0 Å². The highest BCUT2D eigenvalue weighted by Crippen LogP contribution is 2.22. The van der Waals surface area contributed by atoms with E-state index in [0.29, 0.717) is 16.9 Å². The van der Waals surface area contributed by atoms with Gasteiger partial charge in [-0.3, -0.25) is 0 Å². The van der Waals surface area contributed by atoms with Crippen molar-refractivity contribution in [3.63, 3.8) is 0 Å². The van der Waals surface area contributed by atoms with Crippen molar-refractivity contribution in [1.29, 1.82) is 0 Å². The van der Waals surface area contributed by atoms with Crippen LogP contribution in [0.25, 0.3) is 0 Å². The SMILES string of the molecule is CCCNC(C)C(C)c1ccc(S(=O)(=O)N(C)C)cc1. The van der Waals surface area contributed by atoms with Gasteiger partial charge in [0, 0.05) is 20.1 Å². The van der Waals surface area contributed by atoms with Crippen molar-refractivity contribution in [3.05, 3.63) is 29.8 Å². The molecule has 1 N–H and O–H groups in total. The Labute approximate surface area is 123 Å². The molecule has 2 unspecified atom stereocenters. The van der Waals surface area contributed by atoms with Crippen LogP contribution in [0.1, 0.15) is 38.7 Å². The summed E-state index contributed by atoms with van der Waals surface area (Å²) in [6.07, 6.45) is 1.11. The van der Waals surface area contributed by atoms with Gasteiger partial charge in [0.2, 0.25) is 10.0 Å². The third-order valence-corrected chi connectivity index (χ3v) is 5.48. The Morgan fingerprint density at radius 1 is 1.15 bits per heavy atom. The quantitative estimate of drug-likeness (QED) is 0.841. The zero-order valence-electron chi connectivity index (χ0n) is 13.1. The van der Waals surface area contributed by atoms with Crippen LogP contribution in [0.15, 0.2) is 29.2 Å². The molecule has 1 aromatic rings. The average Bonchev–Trinajstić information content (AvgIpc) is 2.43. The second kappa shape index (κ2) is 7.20. The second-order valence-electron chi connectivity index (χ2n) is 5.39. The summed E-state index contributed by atoms with van der Waals surface area (Å²) in [5.41, 5.74) is 1.15. The third-order valence-electron chi connectivity index (χ3n) is 3.65. The maximum absolute atomic E-state index is 12.0. The summed E-state index contributed by atoms with van der Waals surface area (Å²) in [6.45, 7) is 7.46. The van der Waals surface area contributed by atoms with Crippen molar-refractivity contribution in [2.45, 2.75) is 44.0 Å². The summed E-state index contributed by atoms with van der Waals surface area (Å²) in [4.78, 5) is 0.340. The van der Waals surface area contributed by atoms with Gasteiger partial charge in [-0.1, -0.05) is 26.0 Å². The smallest absolute Gasteiger partial charge is 0.242 e. The zero-order chi connectivity index (χ0) is 15.3. The maximum Gasteiger partial charge on any atom is 0.242 e. The van der Waals surface area contributed by atoms with Crippen molar-refractivity contribution in [2.75, 3.05) is 20.6 Å². The molecule has 0 saturated heterocycles. The number of hydrogen-bond acceptors (Lipinski definition) is 3. The Balaban J connectivity index is 2.86. The normalized spacial score (nSPS) is 15.3. The summed E-state index contributed by atoms with van der Waals surface area (Å²) in [6, 6.07) is 7.56. The summed E-state index contributed by atoms with van der Waals surface area (Å²) in [5, 5.41) is 3.47. The Morgan fingerprint density at radius 2 is 1.70 bits per heavy atom. The van der Waals surface area contributed by atoms with Crippen molar-refractivity contribution in [2.24, 2.45) is 0 Å². The molecule has 4 nitrogen and oxygen atoms in total. The van der Waals surface area contributed by atoms with Crippen molar-refractivity contribution in [1.82, 2.24) is 9.62 Å². The van der Waals surface area contributed by atoms with Gasteiger partial charge in [-0.15, -0.1) is 0 Å².